The van der Waals surface area contributed by atoms with Crippen LogP contribution in [-0.4, -0.2) is 42.4 Å². The SMILES string of the molecule is COc1ccc(CCNC(=O)CCSCc2nc3sc4c(c3c(=O)[nH]2)CCC4)cc1OC. The normalized spacial score (nSPS) is 12.7. The van der Waals surface area contributed by atoms with E-state index in [9.17, 15) is 9.59 Å². The van der Waals surface area contributed by atoms with E-state index in [1.807, 2.05) is 18.2 Å². The molecule has 0 fully saturated rings. The van der Waals surface area contributed by atoms with Crippen molar-refractivity contribution in [2.45, 2.75) is 37.9 Å². The fourth-order valence-corrected chi connectivity index (χ4v) is 6.00. The molecule has 7 nitrogen and oxygen atoms in total. The molecule has 0 aliphatic heterocycles. The van der Waals surface area contributed by atoms with E-state index in [-0.39, 0.29) is 11.5 Å². The molecule has 0 spiro atoms. The molecule has 9 heteroatoms. The van der Waals surface area contributed by atoms with Gasteiger partial charge in [0.2, 0.25) is 5.91 Å². The summed E-state index contributed by atoms with van der Waals surface area (Å²) < 4.78 is 10.6. The van der Waals surface area contributed by atoms with Crippen molar-refractivity contribution in [2.24, 2.45) is 0 Å². The van der Waals surface area contributed by atoms with Crippen LogP contribution in [0.3, 0.4) is 0 Å². The Labute approximate surface area is 194 Å². The first-order valence-electron chi connectivity index (χ1n) is 10.7. The number of hydrogen-bond acceptors (Lipinski definition) is 7. The van der Waals surface area contributed by atoms with Gasteiger partial charge in [0.05, 0.1) is 25.4 Å². The molecule has 32 heavy (non-hydrogen) atoms. The number of thiophene rings is 1. The summed E-state index contributed by atoms with van der Waals surface area (Å²) in [5.74, 6) is 3.34. The summed E-state index contributed by atoms with van der Waals surface area (Å²) in [4.78, 5) is 34.4. The maximum Gasteiger partial charge on any atom is 0.259 e. The number of aromatic nitrogens is 2. The summed E-state index contributed by atoms with van der Waals surface area (Å²) >= 11 is 3.25. The van der Waals surface area contributed by atoms with Gasteiger partial charge >= 0.3 is 0 Å². The Hall–Kier alpha value is -2.52. The van der Waals surface area contributed by atoms with Crippen LogP contribution in [0.15, 0.2) is 23.0 Å². The van der Waals surface area contributed by atoms with Crippen LogP contribution in [0, 0.1) is 0 Å². The first kappa shape index (κ1) is 22.7. The number of hydrogen-bond donors (Lipinski definition) is 2. The summed E-state index contributed by atoms with van der Waals surface area (Å²) in [6.45, 7) is 0.563. The quantitative estimate of drug-likeness (QED) is 0.438. The smallest absolute Gasteiger partial charge is 0.259 e. The number of nitrogens with zero attached hydrogens (tertiary/aromatic N) is 1. The molecule has 3 aromatic rings. The van der Waals surface area contributed by atoms with Crippen LogP contribution in [0.1, 0.15) is 34.7 Å². The van der Waals surface area contributed by atoms with Crippen molar-refractivity contribution in [3.63, 3.8) is 0 Å². The average molecular weight is 474 g/mol. The van der Waals surface area contributed by atoms with E-state index >= 15 is 0 Å². The van der Waals surface area contributed by atoms with E-state index in [4.69, 9.17) is 9.47 Å². The summed E-state index contributed by atoms with van der Waals surface area (Å²) in [5, 5.41) is 3.74. The van der Waals surface area contributed by atoms with Gasteiger partial charge in [-0.15, -0.1) is 11.3 Å². The zero-order valence-electron chi connectivity index (χ0n) is 18.3. The second-order valence-corrected chi connectivity index (χ2v) is 9.83. The number of carbonyl (C=O) groups excluding carboxylic acids is 1. The zero-order chi connectivity index (χ0) is 22.5. The first-order chi connectivity index (χ1) is 15.6. The highest BCUT2D eigenvalue weighted by atomic mass is 32.2. The molecule has 1 amide bonds. The Morgan fingerprint density at radius 3 is 2.91 bits per heavy atom. The third-order valence-electron chi connectivity index (χ3n) is 5.52. The number of methoxy groups -OCH3 is 2. The average Bonchev–Trinajstić information content (AvgIpc) is 3.37. The van der Waals surface area contributed by atoms with E-state index in [0.29, 0.717) is 41.8 Å². The Morgan fingerprint density at radius 2 is 2.09 bits per heavy atom. The molecule has 0 unspecified atom stereocenters. The molecule has 0 bridgehead atoms. The molecule has 0 saturated carbocycles. The Bertz CT molecular complexity index is 1170. The largest absolute Gasteiger partial charge is 0.493 e. The van der Waals surface area contributed by atoms with Crippen LogP contribution in [0.4, 0.5) is 0 Å². The molecule has 1 aromatic carbocycles. The minimum Gasteiger partial charge on any atom is -0.493 e. The molecule has 170 valence electrons. The molecule has 0 atom stereocenters. The van der Waals surface area contributed by atoms with Gasteiger partial charge < -0.3 is 19.8 Å². The standard InChI is InChI=1S/C23H27N3O4S2/c1-29-16-7-6-14(12-17(16)30-2)8-10-24-20(27)9-11-31-13-19-25-22(28)21-15-4-3-5-18(15)32-23(21)26-19/h6-7,12H,3-5,8-11,13H2,1-2H3,(H,24,27)(H,25,26,28). The summed E-state index contributed by atoms with van der Waals surface area (Å²) in [7, 11) is 3.21. The number of thioether (sulfide) groups is 1. The maximum atomic E-state index is 12.5. The lowest BCUT2D eigenvalue weighted by Gasteiger charge is -2.10. The minimum absolute atomic E-state index is 0.0181. The van der Waals surface area contributed by atoms with E-state index in [1.165, 1.54) is 10.4 Å². The molecule has 0 saturated heterocycles. The van der Waals surface area contributed by atoms with Gasteiger partial charge in [0.15, 0.2) is 11.5 Å². The summed E-state index contributed by atoms with van der Waals surface area (Å²) in [6, 6.07) is 5.76. The maximum absolute atomic E-state index is 12.5. The third-order valence-corrected chi connectivity index (χ3v) is 7.68. The fraction of sp³-hybridized carbons (Fsp3) is 0.435. The molecule has 0 radical (unpaired) electrons. The summed E-state index contributed by atoms with van der Waals surface area (Å²) in [6.07, 6.45) is 4.31. The Balaban J connectivity index is 1.20. The van der Waals surface area contributed by atoms with Crippen molar-refractivity contribution in [3.05, 3.63) is 50.4 Å². The number of amides is 1. The van der Waals surface area contributed by atoms with Crippen LogP contribution in [-0.2, 0) is 29.8 Å². The zero-order valence-corrected chi connectivity index (χ0v) is 19.9. The number of ether oxygens (including phenoxy) is 2. The Morgan fingerprint density at radius 1 is 1.25 bits per heavy atom. The Kier molecular flexibility index (Phi) is 7.36. The number of fused-ring (bicyclic) bond motifs is 3. The molecule has 2 N–H and O–H groups in total. The van der Waals surface area contributed by atoms with Crippen molar-refractivity contribution in [2.75, 3.05) is 26.5 Å². The van der Waals surface area contributed by atoms with Crippen molar-refractivity contribution in [1.82, 2.24) is 15.3 Å². The molecular weight excluding hydrogens is 446 g/mol. The van der Waals surface area contributed by atoms with Crippen LogP contribution in [0.2, 0.25) is 0 Å². The lowest BCUT2D eigenvalue weighted by Crippen LogP contribution is -2.25. The van der Waals surface area contributed by atoms with E-state index < -0.39 is 0 Å². The van der Waals surface area contributed by atoms with Gasteiger partial charge in [0.25, 0.3) is 5.56 Å². The van der Waals surface area contributed by atoms with Crippen molar-refractivity contribution < 1.29 is 14.3 Å². The number of rotatable bonds is 10. The van der Waals surface area contributed by atoms with E-state index in [2.05, 4.69) is 15.3 Å². The molecule has 1 aliphatic carbocycles. The molecular formula is C23H27N3O4S2. The molecule has 4 rings (SSSR count). The van der Waals surface area contributed by atoms with Gasteiger partial charge in [0, 0.05) is 23.6 Å². The van der Waals surface area contributed by atoms with Crippen LogP contribution >= 0.6 is 23.1 Å². The second-order valence-electron chi connectivity index (χ2n) is 7.64. The van der Waals surface area contributed by atoms with E-state index in [0.717, 1.165) is 41.5 Å². The lowest BCUT2D eigenvalue weighted by atomic mass is 10.1. The number of H-pyrrole nitrogens is 1. The van der Waals surface area contributed by atoms with Crippen LogP contribution in [0.5, 0.6) is 11.5 Å². The van der Waals surface area contributed by atoms with E-state index in [1.54, 1.807) is 37.3 Å². The monoisotopic (exact) mass is 473 g/mol. The van der Waals surface area contributed by atoms with Gasteiger partial charge in [-0.05, 0) is 48.9 Å². The third kappa shape index (κ3) is 5.10. The highest BCUT2D eigenvalue weighted by Gasteiger charge is 2.21. The molecule has 1 aliphatic rings. The fourth-order valence-electron chi connectivity index (χ4n) is 3.92. The van der Waals surface area contributed by atoms with Gasteiger partial charge in [-0.25, -0.2) is 4.98 Å². The highest BCUT2D eigenvalue weighted by molar-refractivity contribution is 7.98. The number of aryl methyl sites for hydroxylation is 2. The minimum atomic E-state index is -0.0297. The number of nitrogens with one attached hydrogen (secondary N) is 2. The summed E-state index contributed by atoms with van der Waals surface area (Å²) in [5.41, 5.74) is 2.24. The first-order valence-corrected chi connectivity index (χ1v) is 12.6. The lowest BCUT2D eigenvalue weighted by molar-refractivity contribution is -0.120. The van der Waals surface area contributed by atoms with Gasteiger partial charge in [-0.2, -0.15) is 11.8 Å². The van der Waals surface area contributed by atoms with Crippen LogP contribution < -0.4 is 20.3 Å². The van der Waals surface area contributed by atoms with Crippen molar-refractivity contribution >= 4 is 39.2 Å². The number of benzene rings is 1. The van der Waals surface area contributed by atoms with Crippen molar-refractivity contribution in [3.8, 4) is 11.5 Å². The predicted molar refractivity (Wildman–Crippen MR) is 129 cm³/mol. The molecule has 2 heterocycles. The number of aromatic amines is 1. The molecule has 2 aromatic heterocycles. The van der Waals surface area contributed by atoms with Gasteiger partial charge in [-0.3, -0.25) is 9.59 Å². The second kappa shape index (κ2) is 10.4. The van der Waals surface area contributed by atoms with Gasteiger partial charge in [-0.1, -0.05) is 6.07 Å². The van der Waals surface area contributed by atoms with Gasteiger partial charge in [0.1, 0.15) is 10.7 Å². The highest BCUT2D eigenvalue weighted by Crippen LogP contribution is 2.34. The predicted octanol–water partition coefficient (Wildman–Crippen LogP) is 3.47. The van der Waals surface area contributed by atoms with Crippen molar-refractivity contribution in [1.29, 1.82) is 0 Å². The topological polar surface area (TPSA) is 93.3 Å². The number of carbonyl (C=O) groups is 1. The van der Waals surface area contributed by atoms with Crippen LogP contribution in [0.25, 0.3) is 10.2 Å².